The molecule has 0 aliphatic carbocycles. The third-order valence-electron chi connectivity index (χ3n) is 5.26. The largest absolute Gasteiger partial charge is 0.493 e. The number of nitrogens with zero attached hydrogens (tertiary/aromatic N) is 1. The van der Waals surface area contributed by atoms with Gasteiger partial charge in [0, 0.05) is 16.1 Å². The first kappa shape index (κ1) is 26.7. The Labute approximate surface area is 214 Å². The lowest BCUT2D eigenvalue weighted by atomic mass is 10.0. The summed E-state index contributed by atoms with van der Waals surface area (Å²) in [6.07, 6.45) is 1.46. The average molecular weight is 512 g/mol. The summed E-state index contributed by atoms with van der Waals surface area (Å²) in [7, 11) is 1.53. The molecule has 188 valence electrons. The van der Waals surface area contributed by atoms with Gasteiger partial charge in [0.1, 0.15) is 18.5 Å². The Morgan fingerprint density at radius 3 is 2.44 bits per heavy atom. The van der Waals surface area contributed by atoms with E-state index in [-0.39, 0.29) is 18.1 Å². The summed E-state index contributed by atoms with van der Waals surface area (Å²) < 4.78 is 24.4. The summed E-state index contributed by atoms with van der Waals surface area (Å²) in [5.74, 6) is -0.602. The number of hydrogen-bond donors (Lipinski definition) is 2. The zero-order chi connectivity index (χ0) is 26.1. The van der Waals surface area contributed by atoms with Crippen LogP contribution in [0, 0.1) is 11.7 Å². The van der Waals surface area contributed by atoms with E-state index in [1.165, 1.54) is 37.6 Å². The average Bonchev–Trinajstić information content (AvgIpc) is 2.87. The molecule has 0 aliphatic heterocycles. The van der Waals surface area contributed by atoms with E-state index in [0.717, 1.165) is 5.56 Å². The monoisotopic (exact) mass is 511 g/mol. The molecule has 3 aromatic rings. The van der Waals surface area contributed by atoms with Gasteiger partial charge in [-0.15, -0.1) is 0 Å². The molecule has 9 heteroatoms. The van der Waals surface area contributed by atoms with E-state index in [4.69, 9.17) is 21.1 Å². The fourth-order valence-electron chi connectivity index (χ4n) is 3.26. The van der Waals surface area contributed by atoms with Crippen LogP contribution >= 0.6 is 11.6 Å². The number of amides is 2. The van der Waals surface area contributed by atoms with E-state index < -0.39 is 23.7 Å². The molecule has 0 fully saturated rings. The van der Waals surface area contributed by atoms with Crippen molar-refractivity contribution in [1.29, 1.82) is 0 Å². The minimum Gasteiger partial charge on any atom is -0.493 e. The van der Waals surface area contributed by atoms with Crippen molar-refractivity contribution < 1.29 is 23.5 Å². The third-order valence-corrected chi connectivity index (χ3v) is 5.63. The predicted octanol–water partition coefficient (Wildman–Crippen LogP) is 4.97. The van der Waals surface area contributed by atoms with Gasteiger partial charge in [-0.05, 0) is 60.0 Å². The van der Waals surface area contributed by atoms with Crippen LogP contribution < -0.4 is 20.2 Å². The Morgan fingerprint density at radius 2 is 1.78 bits per heavy atom. The van der Waals surface area contributed by atoms with E-state index in [9.17, 15) is 14.0 Å². The SMILES string of the molecule is COc1cc(/C=N/NC(=O)C(NC(=O)c2ccc(F)cc2)C(C)C)ccc1OCc1ccccc1Cl. The zero-order valence-electron chi connectivity index (χ0n) is 20.1. The highest BCUT2D eigenvalue weighted by Gasteiger charge is 2.24. The molecule has 2 N–H and O–H groups in total. The number of rotatable bonds is 10. The van der Waals surface area contributed by atoms with Gasteiger partial charge in [-0.2, -0.15) is 5.10 Å². The fraction of sp³-hybridized carbons (Fsp3) is 0.222. The molecule has 0 bridgehead atoms. The van der Waals surface area contributed by atoms with E-state index in [1.807, 2.05) is 18.2 Å². The lowest BCUT2D eigenvalue weighted by molar-refractivity contribution is -0.123. The lowest BCUT2D eigenvalue weighted by Crippen LogP contribution is -2.48. The molecule has 2 amide bonds. The van der Waals surface area contributed by atoms with Crippen molar-refractivity contribution in [3.05, 3.63) is 94.3 Å². The van der Waals surface area contributed by atoms with E-state index in [0.29, 0.717) is 22.1 Å². The van der Waals surface area contributed by atoms with Crippen LogP contribution in [-0.2, 0) is 11.4 Å². The number of hydrogen-bond acceptors (Lipinski definition) is 5. The van der Waals surface area contributed by atoms with Crippen molar-refractivity contribution in [2.75, 3.05) is 7.11 Å². The Morgan fingerprint density at radius 1 is 1.06 bits per heavy atom. The fourth-order valence-corrected chi connectivity index (χ4v) is 3.45. The molecule has 0 saturated carbocycles. The molecule has 1 unspecified atom stereocenters. The highest BCUT2D eigenvalue weighted by Crippen LogP contribution is 2.29. The highest BCUT2D eigenvalue weighted by atomic mass is 35.5. The number of ether oxygens (including phenoxy) is 2. The molecule has 3 rings (SSSR count). The van der Waals surface area contributed by atoms with Crippen molar-refractivity contribution in [1.82, 2.24) is 10.7 Å². The number of benzene rings is 3. The van der Waals surface area contributed by atoms with Crippen LogP contribution in [0.1, 0.15) is 35.3 Å². The van der Waals surface area contributed by atoms with Gasteiger partial charge in [0.05, 0.1) is 13.3 Å². The van der Waals surface area contributed by atoms with Gasteiger partial charge in [0.15, 0.2) is 11.5 Å². The zero-order valence-corrected chi connectivity index (χ0v) is 20.9. The summed E-state index contributed by atoms with van der Waals surface area (Å²) in [5.41, 5.74) is 4.21. The summed E-state index contributed by atoms with van der Waals surface area (Å²) in [6.45, 7) is 3.87. The molecule has 0 spiro atoms. The molecule has 1 atom stereocenters. The van der Waals surface area contributed by atoms with Crippen LogP contribution in [-0.4, -0.2) is 31.2 Å². The van der Waals surface area contributed by atoms with Crippen molar-refractivity contribution >= 4 is 29.6 Å². The predicted molar refractivity (Wildman–Crippen MR) is 137 cm³/mol. The molecule has 3 aromatic carbocycles. The minimum atomic E-state index is -0.838. The van der Waals surface area contributed by atoms with Gasteiger partial charge in [-0.1, -0.05) is 43.6 Å². The molecular formula is C27H27ClFN3O4. The molecule has 0 heterocycles. The normalized spacial score (nSPS) is 11.8. The number of methoxy groups -OCH3 is 1. The van der Waals surface area contributed by atoms with Crippen LogP contribution in [0.3, 0.4) is 0 Å². The number of hydrazone groups is 1. The lowest BCUT2D eigenvalue weighted by Gasteiger charge is -2.20. The number of carbonyl (C=O) groups excluding carboxylic acids is 2. The highest BCUT2D eigenvalue weighted by molar-refractivity contribution is 6.31. The maximum atomic E-state index is 13.1. The Hall–Kier alpha value is -3.91. The Kier molecular flexibility index (Phi) is 9.41. The van der Waals surface area contributed by atoms with Gasteiger partial charge < -0.3 is 14.8 Å². The second-order valence-electron chi connectivity index (χ2n) is 8.23. The summed E-state index contributed by atoms with van der Waals surface area (Å²) in [4.78, 5) is 25.1. The van der Waals surface area contributed by atoms with Gasteiger partial charge in [0.2, 0.25) is 0 Å². The topological polar surface area (TPSA) is 89.0 Å². The van der Waals surface area contributed by atoms with Gasteiger partial charge in [-0.3, -0.25) is 9.59 Å². The second kappa shape index (κ2) is 12.7. The summed E-state index contributed by atoms with van der Waals surface area (Å²) in [5, 5.41) is 7.29. The summed E-state index contributed by atoms with van der Waals surface area (Å²) >= 11 is 6.18. The van der Waals surface area contributed by atoms with Gasteiger partial charge >= 0.3 is 0 Å². The molecule has 7 nitrogen and oxygen atoms in total. The van der Waals surface area contributed by atoms with Crippen LogP contribution in [0.15, 0.2) is 71.8 Å². The first-order valence-electron chi connectivity index (χ1n) is 11.2. The maximum absolute atomic E-state index is 13.1. The molecule has 36 heavy (non-hydrogen) atoms. The van der Waals surface area contributed by atoms with Crippen LogP contribution in [0.25, 0.3) is 0 Å². The van der Waals surface area contributed by atoms with E-state index in [2.05, 4.69) is 15.8 Å². The second-order valence-corrected chi connectivity index (χ2v) is 8.63. The maximum Gasteiger partial charge on any atom is 0.262 e. The van der Waals surface area contributed by atoms with Crippen molar-refractivity contribution in [3.63, 3.8) is 0 Å². The van der Waals surface area contributed by atoms with Crippen LogP contribution in [0.5, 0.6) is 11.5 Å². The van der Waals surface area contributed by atoms with Crippen molar-refractivity contribution in [2.24, 2.45) is 11.0 Å². The number of halogens is 2. The Balaban J connectivity index is 1.61. The van der Waals surface area contributed by atoms with Crippen molar-refractivity contribution in [3.8, 4) is 11.5 Å². The standard InChI is InChI=1S/C27H27ClFN3O4/c1-17(2)25(31-26(33)19-9-11-21(29)12-10-19)27(34)32-30-15-18-8-13-23(24(14-18)35-3)36-16-20-6-4-5-7-22(20)28/h4-15,17,25H,16H2,1-3H3,(H,31,33)(H,32,34)/b30-15+. The minimum absolute atomic E-state index is 0.209. The van der Waals surface area contributed by atoms with E-state index >= 15 is 0 Å². The van der Waals surface area contributed by atoms with Crippen LogP contribution in [0.4, 0.5) is 4.39 Å². The van der Waals surface area contributed by atoms with Gasteiger partial charge in [-0.25, -0.2) is 9.82 Å². The molecule has 0 radical (unpaired) electrons. The van der Waals surface area contributed by atoms with Gasteiger partial charge in [0.25, 0.3) is 11.8 Å². The first-order valence-corrected chi connectivity index (χ1v) is 11.6. The molecule has 0 aromatic heterocycles. The number of nitrogens with one attached hydrogen (secondary N) is 2. The first-order chi connectivity index (χ1) is 17.3. The number of carbonyl (C=O) groups is 2. The smallest absolute Gasteiger partial charge is 0.262 e. The third kappa shape index (κ3) is 7.29. The Bertz CT molecular complexity index is 1230. The molecule has 0 saturated heterocycles. The summed E-state index contributed by atoms with van der Waals surface area (Å²) in [6, 6.07) is 16.9. The quantitative estimate of drug-likeness (QED) is 0.297. The van der Waals surface area contributed by atoms with Crippen LogP contribution in [0.2, 0.25) is 5.02 Å². The molecule has 0 aliphatic rings. The van der Waals surface area contributed by atoms with Crippen molar-refractivity contribution in [2.45, 2.75) is 26.5 Å². The molecular weight excluding hydrogens is 485 g/mol. The van der Waals surface area contributed by atoms with E-state index in [1.54, 1.807) is 38.1 Å².